The van der Waals surface area contributed by atoms with Crippen LogP contribution >= 0.6 is 0 Å². The molecule has 3 fully saturated rings. The summed E-state index contributed by atoms with van der Waals surface area (Å²) in [5, 5.41) is 11.7. The Morgan fingerprint density at radius 2 is 1.89 bits per heavy atom. The standard InChI is InChI=1S/C42H36F3N7O2/c1-2-27-8-5-9-28-10-6-12-32(36(27)28)33-13-14-34-38(37(33)45)48-41(54-26-42-16-7-19-51(42)24-29(43)23-42)49-39(34)50-20-21-52(31(25-50)15-17-46)40(53)35(44)22-30-11-3-4-18-47-30/h1,3-6,8-14,18,22,29,31H,7,15-16,19-21,23-26H2/b35-22-/t29?,31?,42-/m0/s1. The number of nitrogens with zero attached hydrogens (tertiary/aromatic N) is 7. The van der Waals surface area contributed by atoms with Crippen LogP contribution in [0, 0.1) is 29.5 Å². The normalized spacial score (nSPS) is 21.6. The first-order chi connectivity index (χ1) is 26.3. The number of pyridine rings is 1. The number of alkyl halides is 1. The summed E-state index contributed by atoms with van der Waals surface area (Å²) >= 11 is 0. The van der Waals surface area contributed by atoms with Gasteiger partial charge in [0.15, 0.2) is 11.6 Å². The van der Waals surface area contributed by atoms with E-state index in [1.165, 1.54) is 11.1 Å². The van der Waals surface area contributed by atoms with Gasteiger partial charge in [-0.05, 0) is 54.6 Å². The maximum Gasteiger partial charge on any atom is 0.319 e. The van der Waals surface area contributed by atoms with Crippen molar-refractivity contribution in [3.63, 3.8) is 0 Å². The molecule has 54 heavy (non-hydrogen) atoms. The van der Waals surface area contributed by atoms with Crippen molar-refractivity contribution in [2.24, 2.45) is 0 Å². The lowest BCUT2D eigenvalue weighted by molar-refractivity contribution is -0.131. The van der Waals surface area contributed by atoms with Crippen LogP contribution in [0.4, 0.5) is 19.0 Å². The number of halogens is 3. The van der Waals surface area contributed by atoms with Crippen LogP contribution in [0.1, 0.15) is 36.9 Å². The van der Waals surface area contributed by atoms with Gasteiger partial charge in [-0.15, -0.1) is 6.42 Å². The Hall–Kier alpha value is -5.98. The molecule has 3 saturated heterocycles. The number of fused-ring (bicyclic) bond motifs is 3. The number of carbonyl (C=O) groups is 1. The zero-order valence-electron chi connectivity index (χ0n) is 29.4. The quantitative estimate of drug-likeness (QED) is 0.126. The molecule has 0 spiro atoms. The molecule has 5 aromatic rings. The summed E-state index contributed by atoms with van der Waals surface area (Å²) in [6, 6.07) is 20.9. The van der Waals surface area contributed by atoms with Gasteiger partial charge < -0.3 is 14.5 Å². The van der Waals surface area contributed by atoms with Crippen molar-refractivity contribution in [2.75, 3.05) is 44.2 Å². The number of ether oxygens (including phenoxy) is 1. The van der Waals surface area contributed by atoms with E-state index in [4.69, 9.17) is 16.1 Å². The zero-order valence-corrected chi connectivity index (χ0v) is 29.4. The first kappa shape index (κ1) is 35.1. The molecule has 3 aliphatic heterocycles. The van der Waals surface area contributed by atoms with Gasteiger partial charge in [0.05, 0.1) is 29.8 Å². The maximum absolute atomic E-state index is 17.1. The van der Waals surface area contributed by atoms with Gasteiger partial charge in [-0.1, -0.05) is 48.4 Å². The van der Waals surface area contributed by atoms with Crippen molar-refractivity contribution >= 4 is 39.5 Å². The molecule has 0 N–H and O–H groups in total. The van der Waals surface area contributed by atoms with Crippen molar-refractivity contribution in [2.45, 2.75) is 43.4 Å². The first-order valence-electron chi connectivity index (χ1n) is 18.0. The fraction of sp³-hybridized carbons (Fsp3) is 0.310. The summed E-state index contributed by atoms with van der Waals surface area (Å²) in [4.78, 5) is 32.2. The molecule has 272 valence electrons. The van der Waals surface area contributed by atoms with Gasteiger partial charge in [-0.25, -0.2) is 13.2 Å². The molecule has 5 heterocycles. The third kappa shape index (κ3) is 6.37. The minimum Gasteiger partial charge on any atom is -0.461 e. The van der Waals surface area contributed by atoms with Gasteiger partial charge in [0.25, 0.3) is 5.91 Å². The lowest BCUT2D eigenvalue weighted by Gasteiger charge is -2.41. The topological polar surface area (TPSA) is 98.5 Å². The van der Waals surface area contributed by atoms with E-state index in [1.807, 2.05) is 41.3 Å². The van der Waals surface area contributed by atoms with Gasteiger partial charge in [-0.2, -0.15) is 15.2 Å². The second-order valence-electron chi connectivity index (χ2n) is 14.1. The molecule has 2 aromatic heterocycles. The molecular weight excluding hydrogens is 692 g/mol. The second kappa shape index (κ2) is 14.4. The minimum absolute atomic E-state index is 0.0120. The lowest BCUT2D eigenvalue weighted by Crippen LogP contribution is -2.55. The average molecular weight is 728 g/mol. The van der Waals surface area contributed by atoms with Crippen LogP contribution in [0.2, 0.25) is 0 Å². The summed E-state index contributed by atoms with van der Waals surface area (Å²) in [5.74, 6) is 0.621. The monoisotopic (exact) mass is 727 g/mol. The minimum atomic E-state index is -0.993. The predicted molar refractivity (Wildman–Crippen MR) is 200 cm³/mol. The van der Waals surface area contributed by atoms with Crippen LogP contribution in [0.3, 0.4) is 0 Å². The van der Waals surface area contributed by atoms with Gasteiger partial charge in [0, 0.05) is 66.8 Å². The number of carbonyl (C=O) groups excluding carboxylic acids is 1. The van der Waals surface area contributed by atoms with Gasteiger partial charge in [-0.3, -0.25) is 14.7 Å². The van der Waals surface area contributed by atoms with E-state index < -0.39 is 35.3 Å². The number of anilines is 1. The van der Waals surface area contributed by atoms with E-state index in [9.17, 15) is 14.4 Å². The highest BCUT2D eigenvalue weighted by Crippen LogP contribution is 2.41. The number of aromatic nitrogens is 3. The van der Waals surface area contributed by atoms with Crippen molar-refractivity contribution < 1.29 is 22.7 Å². The largest absolute Gasteiger partial charge is 0.461 e. The molecule has 2 unspecified atom stereocenters. The molecule has 9 nitrogen and oxygen atoms in total. The van der Waals surface area contributed by atoms with Crippen LogP contribution in [0.15, 0.2) is 78.8 Å². The zero-order chi connectivity index (χ0) is 37.4. The third-order valence-electron chi connectivity index (χ3n) is 10.9. The number of hydrogen-bond donors (Lipinski definition) is 0. The van der Waals surface area contributed by atoms with E-state index >= 15 is 8.78 Å². The number of benzene rings is 3. The van der Waals surface area contributed by atoms with Crippen LogP contribution < -0.4 is 9.64 Å². The molecule has 0 saturated carbocycles. The van der Waals surface area contributed by atoms with Crippen LogP contribution in [0.5, 0.6) is 6.01 Å². The fourth-order valence-electron chi connectivity index (χ4n) is 8.36. The number of amides is 1. The number of rotatable bonds is 8. The molecule has 3 aromatic carbocycles. The summed E-state index contributed by atoms with van der Waals surface area (Å²) < 4.78 is 53.2. The summed E-state index contributed by atoms with van der Waals surface area (Å²) in [6.07, 6.45) is 9.43. The molecule has 0 aliphatic carbocycles. The number of hydrogen-bond acceptors (Lipinski definition) is 8. The van der Waals surface area contributed by atoms with Crippen molar-refractivity contribution in [1.29, 1.82) is 5.26 Å². The molecule has 3 aliphatic rings. The fourth-order valence-corrected chi connectivity index (χ4v) is 8.36. The number of nitriles is 1. The van der Waals surface area contributed by atoms with Gasteiger partial charge in [0.2, 0.25) is 0 Å². The Labute approximate surface area is 310 Å². The van der Waals surface area contributed by atoms with E-state index in [0.717, 1.165) is 36.2 Å². The van der Waals surface area contributed by atoms with Crippen LogP contribution in [-0.2, 0) is 4.79 Å². The highest BCUT2D eigenvalue weighted by Gasteiger charge is 2.49. The highest BCUT2D eigenvalue weighted by molar-refractivity contribution is 6.03. The first-order valence-corrected chi connectivity index (χ1v) is 18.0. The Balaban J connectivity index is 1.19. The Morgan fingerprint density at radius 1 is 1.04 bits per heavy atom. The molecular formula is C42H36F3N7O2. The van der Waals surface area contributed by atoms with Gasteiger partial charge in [0.1, 0.15) is 24.1 Å². The van der Waals surface area contributed by atoms with E-state index in [2.05, 4.69) is 26.9 Å². The second-order valence-corrected chi connectivity index (χ2v) is 14.1. The van der Waals surface area contributed by atoms with Crippen molar-refractivity contribution in [1.82, 2.24) is 24.8 Å². The van der Waals surface area contributed by atoms with E-state index in [-0.39, 0.29) is 49.8 Å². The maximum atomic E-state index is 17.1. The van der Waals surface area contributed by atoms with E-state index in [0.29, 0.717) is 41.0 Å². The SMILES string of the molecule is C#Cc1cccc2cccc(-c3ccc4c(N5CCN(C(=O)/C(F)=C/c6ccccn6)C(CC#N)C5)nc(OC[C@@]56CCCN5CC(F)C6)nc4c3F)c12. The van der Waals surface area contributed by atoms with Crippen molar-refractivity contribution in [3.8, 4) is 35.6 Å². The number of terminal acetylenes is 1. The highest BCUT2D eigenvalue weighted by atomic mass is 19.1. The molecule has 8 rings (SSSR count). The number of piperazine rings is 1. The van der Waals surface area contributed by atoms with E-state index in [1.54, 1.807) is 30.3 Å². The molecule has 1 amide bonds. The predicted octanol–water partition coefficient (Wildman–Crippen LogP) is 6.86. The molecule has 0 bridgehead atoms. The smallest absolute Gasteiger partial charge is 0.319 e. The summed E-state index contributed by atoms with van der Waals surface area (Å²) in [7, 11) is 0. The molecule has 12 heteroatoms. The van der Waals surface area contributed by atoms with Crippen LogP contribution in [0.25, 0.3) is 38.9 Å². The van der Waals surface area contributed by atoms with Crippen LogP contribution in [-0.4, -0.2) is 87.7 Å². The Morgan fingerprint density at radius 3 is 2.69 bits per heavy atom. The third-order valence-corrected chi connectivity index (χ3v) is 10.9. The average Bonchev–Trinajstić information content (AvgIpc) is 3.72. The Bertz CT molecular complexity index is 2370. The Kier molecular flexibility index (Phi) is 9.38. The molecule has 0 radical (unpaired) electrons. The van der Waals surface area contributed by atoms with Gasteiger partial charge >= 0.3 is 6.01 Å². The van der Waals surface area contributed by atoms with Crippen molar-refractivity contribution in [3.05, 3.63) is 95.8 Å². The summed E-state index contributed by atoms with van der Waals surface area (Å²) in [6.45, 7) is 1.64. The summed E-state index contributed by atoms with van der Waals surface area (Å²) in [5.41, 5.74) is 1.32. The lowest BCUT2D eigenvalue weighted by atomic mass is 9.93. The molecule has 3 atom stereocenters.